The summed E-state index contributed by atoms with van der Waals surface area (Å²) >= 11 is 0. The van der Waals surface area contributed by atoms with Gasteiger partial charge in [-0.1, -0.05) is 12.5 Å². The summed E-state index contributed by atoms with van der Waals surface area (Å²) < 4.78 is 0. The van der Waals surface area contributed by atoms with Crippen molar-refractivity contribution in [2.75, 3.05) is 24.5 Å². The smallest absolute Gasteiger partial charge is 0.122 e. The first-order valence-corrected chi connectivity index (χ1v) is 7.07. The molecule has 0 bridgehead atoms. The molecule has 1 fully saturated rings. The van der Waals surface area contributed by atoms with Crippen molar-refractivity contribution in [3.8, 4) is 5.75 Å². The number of halogens is 1. The Hall–Kier alpha value is -0.930. The van der Waals surface area contributed by atoms with Gasteiger partial charge in [0.25, 0.3) is 0 Å². The lowest BCUT2D eigenvalue weighted by Crippen LogP contribution is -2.27. The van der Waals surface area contributed by atoms with E-state index in [1.165, 1.54) is 12.8 Å². The van der Waals surface area contributed by atoms with Gasteiger partial charge in [0, 0.05) is 36.4 Å². The molecule has 1 heterocycles. The van der Waals surface area contributed by atoms with Crippen LogP contribution in [-0.4, -0.2) is 24.7 Å². The maximum Gasteiger partial charge on any atom is 0.122 e. The van der Waals surface area contributed by atoms with Crippen LogP contribution in [0.2, 0.25) is 0 Å². The van der Waals surface area contributed by atoms with Crippen molar-refractivity contribution in [1.29, 1.82) is 0 Å². The fourth-order valence-corrected chi connectivity index (χ4v) is 2.73. The van der Waals surface area contributed by atoms with E-state index in [0.717, 1.165) is 37.3 Å². The third-order valence-electron chi connectivity index (χ3n) is 3.83. The zero-order valence-corrected chi connectivity index (χ0v) is 12.7. The lowest BCUT2D eigenvalue weighted by atomic mass is 9.96. The van der Waals surface area contributed by atoms with E-state index in [-0.39, 0.29) is 12.4 Å². The minimum atomic E-state index is 0. The van der Waals surface area contributed by atoms with Crippen LogP contribution in [0.5, 0.6) is 5.75 Å². The molecule has 2 rings (SSSR count). The van der Waals surface area contributed by atoms with E-state index in [1.807, 2.05) is 6.07 Å². The summed E-state index contributed by atoms with van der Waals surface area (Å²) in [5.41, 5.74) is 2.16. The first-order chi connectivity index (χ1) is 8.76. The maximum atomic E-state index is 10.2. The number of rotatable bonds is 4. The van der Waals surface area contributed by atoms with Gasteiger partial charge in [-0.3, -0.25) is 0 Å². The third-order valence-corrected chi connectivity index (χ3v) is 3.83. The van der Waals surface area contributed by atoms with E-state index in [1.54, 1.807) is 0 Å². The Balaban J connectivity index is 0.00000180. The normalized spacial score (nSPS) is 18.7. The average molecular weight is 285 g/mol. The van der Waals surface area contributed by atoms with E-state index in [2.05, 4.69) is 36.2 Å². The predicted molar refractivity (Wildman–Crippen MR) is 83.5 cm³/mol. The van der Waals surface area contributed by atoms with Gasteiger partial charge in [-0.25, -0.2) is 0 Å². The fraction of sp³-hybridized carbons (Fsp3) is 0.600. The van der Waals surface area contributed by atoms with Crippen LogP contribution in [0.3, 0.4) is 0 Å². The Morgan fingerprint density at radius 2 is 2.00 bits per heavy atom. The number of anilines is 1. The van der Waals surface area contributed by atoms with E-state index in [0.29, 0.717) is 11.8 Å². The average Bonchev–Trinajstić information content (AvgIpc) is 2.41. The molecule has 1 saturated heterocycles. The van der Waals surface area contributed by atoms with Gasteiger partial charge >= 0.3 is 0 Å². The lowest BCUT2D eigenvalue weighted by molar-refractivity contribution is 0.391. The molecular weight excluding hydrogens is 260 g/mol. The number of aromatic hydroxyl groups is 1. The van der Waals surface area contributed by atoms with Gasteiger partial charge < -0.3 is 15.3 Å². The van der Waals surface area contributed by atoms with Crippen LogP contribution in [-0.2, 0) is 0 Å². The summed E-state index contributed by atoms with van der Waals surface area (Å²) in [5.74, 6) is 0.429. The Bertz CT molecular complexity index is 388. The van der Waals surface area contributed by atoms with Crippen molar-refractivity contribution in [2.24, 2.45) is 0 Å². The summed E-state index contributed by atoms with van der Waals surface area (Å²) in [6.45, 7) is 7.27. The number of hydrogen-bond donors (Lipinski definition) is 2. The molecule has 1 aliphatic rings. The molecule has 2 N–H and O–H groups in total. The SMILES string of the molecule is CCN(CC)c1ccc([C@H]2CCCCN2)c(O)c1.Cl. The highest BCUT2D eigenvalue weighted by molar-refractivity contribution is 5.85. The number of piperidine rings is 1. The summed E-state index contributed by atoms with van der Waals surface area (Å²) in [4.78, 5) is 2.25. The van der Waals surface area contributed by atoms with Gasteiger partial charge in [0.15, 0.2) is 0 Å². The zero-order chi connectivity index (χ0) is 13.0. The summed E-state index contributed by atoms with van der Waals surface area (Å²) in [6.07, 6.45) is 3.61. The van der Waals surface area contributed by atoms with Crippen LogP contribution >= 0.6 is 12.4 Å². The minimum absolute atomic E-state index is 0. The molecule has 4 heteroatoms. The van der Waals surface area contributed by atoms with E-state index in [9.17, 15) is 5.11 Å². The minimum Gasteiger partial charge on any atom is -0.508 e. The number of nitrogens with one attached hydrogen (secondary N) is 1. The number of phenolic OH excluding ortho intramolecular Hbond substituents is 1. The number of nitrogens with zero attached hydrogens (tertiary/aromatic N) is 1. The van der Waals surface area contributed by atoms with E-state index < -0.39 is 0 Å². The van der Waals surface area contributed by atoms with E-state index in [4.69, 9.17) is 0 Å². The Labute approximate surface area is 122 Å². The van der Waals surface area contributed by atoms with Crippen LogP contribution in [0.1, 0.15) is 44.7 Å². The highest BCUT2D eigenvalue weighted by atomic mass is 35.5. The van der Waals surface area contributed by atoms with Crippen LogP contribution in [0, 0.1) is 0 Å². The molecular formula is C15H25ClN2O. The largest absolute Gasteiger partial charge is 0.508 e. The molecule has 1 aliphatic heterocycles. The summed E-state index contributed by atoms with van der Waals surface area (Å²) in [6, 6.07) is 6.42. The van der Waals surface area contributed by atoms with Crippen molar-refractivity contribution >= 4 is 18.1 Å². The lowest BCUT2D eigenvalue weighted by Gasteiger charge is -2.26. The van der Waals surface area contributed by atoms with Crippen LogP contribution < -0.4 is 10.2 Å². The summed E-state index contributed by atoms with van der Waals surface area (Å²) in [5, 5.41) is 13.7. The number of phenols is 1. The van der Waals surface area contributed by atoms with Crippen LogP contribution in [0.15, 0.2) is 18.2 Å². The van der Waals surface area contributed by atoms with Crippen molar-refractivity contribution in [3.05, 3.63) is 23.8 Å². The zero-order valence-electron chi connectivity index (χ0n) is 11.9. The van der Waals surface area contributed by atoms with Crippen LogP contribution in [0.25, 0.3) is 0 Å². The quantitative estimate of drug-likeness (QED) is 0.889. The second kappa shape index (κ2) is 7.61. The first-order valence-electron chi connectivity index (χ1n) is 7.07. The topological polar surface area (TPSA) is 35.5 Å². The molecule has 1 atom stereocenters. The molecule has 0 amide bonds. The van der Waals surface area contributed by atoms with Crippen molar-refractivity contribution in [3.63, 3.8) is 0 Å². The predicted octanol–water partition coefficient (Wildman–Crippen LogP) is 3.47. The molecule has 0 radical (unpaired) electrons. The molecule has 0 spiro atoms. The van der Waals surface area contributed by atoms with Gasteiger partial charge in [0.05, 0.1) is 0 Å². The van der Waals surface area contributed by atoms with Crippen molar-refractivity contribution in [1.82, 2.24) is 5.32 Å². The van der Waals surface area contributed by atoms with Gasteiger partial charge in [0.2, 0.25) is 0 Å². The third kappa shape index (κ3) is 3.77. The van der Waals surface area contributed by atoms with E-state index >= 15 is 0 Å². The highest BCUT2D eigenvalue weighted by Crippen LogP contribution is 2.32. The fourth-order valence-electron chi connectivity index (χ4n) is 2.73. The highest BCUT2D eigenvalue weighted by Gasteiger charge is 2.18. The molecule has 0 unspecified atom stereocenters. The second-order valence-corrected chi connectivity index (χ2v) is 4.92. The monoisotopic (exact) mass is 284 g/mol. The van der Waals surface area contributed by atoms with Gasteiger partial charge in [-0.15, -0.1) is 12.4 Å². The standard InChI is InChI=1S/C15H24N2O.ClH/c1-3-17(4-2)12-8-9-13(15(18)11-12)14-7-5-6-10-16-14;/h8-9,11,14,16,18H,3-7,10H2,1-2H3;1H/t14-;/m1./s1. The molecule has 19 heavy (non-hydrogen) atoms. The van der Waals surface area contributed by atoms with Crippen LogP contribution in [0.4, 0.5) is 5.69 Å². The van der Waals surface area contributed by atoms with Crippen molar-refractivity contribution < 1.29 is 5.11 Å². The number of hydrogen-bond acceptors (Lipinski definition) is 3. The number of benzene rings is 1. The van der Waals surface area contributed by atoms with Gasteiger partial charge in [-0.2, -0.15) is 0 Å². The molecule has 108 valence electrons. The molecule has 1 aromatic carbocycles. The Morgan fingerprint density at radius 3 is 2.53 bits per heavy atom. The Morgan fingerprint density at radius 1 is 1.26 bits per heavy atom. The van der Waals surface area contributed by atoms with Gasteiger partial charge in [-0.05, 0) is 39.3 Å². The second-order valence-electron chi connectivity index (χ2n) is 4.92. The van der Waals surface area contributed by atoms with Gasteiger partial charge in [0.1, 0.15) is 5.75 Å². The van der Waals surface area contributed by atoms with Crippen molar-refractivity contribution in [2.45, 2.75) is 39.2 Å². The molecule has 0 saturated carbocycles. The Kier molecular flexibility index (Phi) is 6.46. The summed E-state index contributed by atoms with van der Waals surface area (Å²) in [7, 11) is 0. The molecule has 1 aromatic rings. The maximum absolute atomic E-state index is 10.2. The molecule has 0 aromatic heterocycles. The first kappa shape index (κ1) is 16.1. The molecule has 3 nitrogen and oxygen atoms in total. The molecule has 0 aliphatic carbocycles.